The average molecular weight is 324 g/mol. The maximum absolute atomic E-state index is 3.59. The predicted octanol–water partition coefficient (Wildman–Crippen LogP) is 4.74. The van der Waals surface area contributed by atoms with E-state index in [-0.39, 0.29) is 6.04 Å². The molecule has 1 N–H and O–H groups in total. The van der Waals surface area contributed by atoms with Crippen molar-refractivity contribution < 1.29 is 0 Å². The van der Waals surface area contributed by atoms with E-state index in [1.54, 1.807) is 0 Å². The zero-order valence-corrected chi connectivity index (χ0v) is 13.6. The third kappa shape index (κ3) is 2.68. The molecule has 0 spiro atoms. The van der Waals surface area contributed by atoms with Gasteiger partial charge in [0.05, 0.1) is 6.04 Å². The van der Waals surface area contributed by atoms with Gasteiger partial charge in [-0.15, -0.1) is 11.3 Å². The summed E-state index contributed by atoms with van der Waals surface area (Å²) in [5, 5.41) is 3.41. The lowest BCUT2D eigenvalue weighted by Gasteiger charge is -2.16. The molecule has 2 aromatic rings. The number of benzene rings is 1. The summed E-state index contributed by atoms with van der Waals surface area (Å²) in [5.41, 5.74) is 4.02. The Morgan fingerprint density at radius 1 is 1.11 bits per heavy atom. The molecule has 96 valence electrons. The van der Waals surface area contributed by atoms with E-state index in [2.05, 4.69) is 66.3 Å². The van der Waals surface area contributed by atoms with Gasteiger partial charge >= 0.3 is 0 Å². The first-order chi connectivity index (χ1) is 8.52. The zero-order chi connectivity index (χ0) is 13.3. The van der Waals surface area contributed by atoms with E-state index in [4.69, 9.17) is 0 Å². The van der Waals surface area contributed by atoms with E-state index in [1.807, 2.05) is 18.4 Å². The lowest BCUT2D eigenvalue weighted by atomic mass is 10.0. The Morgan fingerprint density at radius 2 is 1.83 bits per heavy atom. The Bertz CT molecular complexity index is 540. The summed E-state index contributed by atoms with van der Waals surface area (Å²) in [4.78, 5) is 2.68. The number of nitrogens with one attached hydrogen (secondary N) is 1. The molecule has 0 saturated carbocycles. The van der Waals surface area contributed by atoms with Gasteiger partial charge in [-0.05, 0) is 66.5 Å². The van der Waals surface area contributed by atoms with Gasteiger partial charge in [0.2, 0.25) is 0 Å². The van der Waals surface area contributed by atoms with Gasteiger partial charge in [-0.25, -0.2) is 0 Å². The van der Waals surface area contributed by atoms with Crippen LogP contribution in [0.2, 0.25) is 0 Å². The average Bonchev–Trinajstić information content (AvgIpc) is 2.65. The van der Waals surface area contributed by atoms with Crippen molar-refractivity contribution in [1.29, 1.82) is 0 Å². The van der Waals surface area contributed by atoms with Gasteiger partial charge in [-0.1, -0.05) is 18.2 Å². The van der Waals surface area contributed by atoms with Crippen LogP contribution < -0.4 is 5.32 Å². The normalized spacial score (nSPS) is 12.7. The third-order valence-corrected chi connectivity index (χ3v) is 5.52. The summed E-state index contributed by atoms with van der Waals surface area (Å²) >= 11 is 5.44. The molecule has 2 rings (SSSR count). The molecule has 0 radical (unpaired) electrons. The number of hydrogen-bond donors (Lipinski definition) is 1. The van der Waals surface area contributed by atoms with Gasteiger partial charge in [-0.2, -0.15) is 0 Å². The standard InChI is InChI=1S/C15H18BrNS/c1-9-5-6-12(7-10(9)2)15(17-4)14-8-13(16)11(3)18-14/h5-8,15,17H,1-4H3. The van der Waals surface area contributed by atoms with Crippen LogP contribution in [0.5, 0.6) is 0 Å². The molecule has 1 heterocycles. The summed E-state index contributed by atoms with van der Waals surface area (Å²) in [5.74, 6) is 0. The maximum Gasteiger partial charge on any atom is 0.0669 e. The third-order valence-electron chi connectivity index (χ3n) is 3.31. The van der Waals surface area contributed by atoms with E-state index < -0.39 is 0 Å². The monoisotopic (exact) mass is 323 g/mol. The molecule has 1 atom stereocenters. The van der Waals surface area contributed by atoms with Crippen molar-refractivity contribution in [2.24, 2.45) is 0 Å². The fourth-order valence-corrected chi connectivity index (χ4v) is 3.74. The topological polar surface area (TPSA) is 12.0 Å². The molecule has 0 amide bonds. The number of halogens is 1. The van der Waals surface area contributed by atoms with Crippen molar-refractivity contribution >= 4 is 27.3 Å². The van der Waals surface area contributed by atoms with Crippen LogP contribution >= 0.6 is 27.3 Å². The van der Waals surface area contributed by atoms with Gasteiger partial charge < -0.3 is 5.32 Å². The van der Waals surface area contributed by atoms with Crippen molar-refractivity contribution in [3.8, 4) is 0 Å². The number of thiophene rings is 1. The van der Waals surface area contributed by atoms with Crippen LogP contribution in [0.1, 0.15) is 32.5 Å². The first-order valence-corrected chi connectivity index (χ1v) is 7.64. The largest absolute Gasteiger partial charge is 0.309 e. The van der Waals surface area contributed by atoms with Crippen LogP contribution in [0, 0.1) is 20.8 Å². The summed E-state index contributed by atoms with van der Waals surface area (Å²) in [6.45, 7) is 6.46. The highest BCUT2D eigenvalue weighted by Crippen LogP contribution is 2.34. The second-order valence-electron chi connectivity index (χ2n) is 4.62. The molecule has 1 aromatic carbocycles. The second kappa shape index (κ2) is 5.55. The molecule has 1 aromatic heterocycles. The predicted molar refractivity (Wildman–Crippen MR) is 83.6 cm³/mol. The molecule has 3 heteroatoms. The lowest BCUT2D eigenvalue weighted by Crippen LogP contribution is -2.16. The van der Waals surface area contributed by atoms with Gasteiger partial charge in [-0.3, -0.25) is 0 Å². The van der Waals surface area contributed by atoms with E-state index in [9.17, 15) is 0 Å². The van der Waals surface area contributed by atoms with E-state index >= 15 is 0 Å². The van der Waals surface area contributed by atoms with E-state index in [1.165, 1.54) is 30.9 Å². The minimum Gasteiger partial charge on any atom is -0.309 e. The molecule has 0 aliphatic heterocycles. The first-order valence-electron chi connectivity index (χ1n) is 6.03. The Kier molecular flexibility index (Phi) is 4.25. The summed E-state index contributed by atoms with van der Waals surface area (Å²) in [6, 6.07) is 9.19. The van der Waals surface area contributed by atoms with Crippen molar-refractivity contribution in [3.63, 3.8) is 0 Å². The van der Waals surface area contributed by atoms with Gasteiger partial charge in [0.25, 0.3) is 0 Å². The Morgan fingerprint density at radius 3 is 2.33 bits per heavy atom. The van der Waals surface area contributed by atoms with Crippen molar-refractivity contribution in [3.05, 3.63) is 55.2 Å². The number of rotatable bonds is 3. The quantitative estimate of drug-likeness (QED) is 0.859. The van der Waals surface area contributed by atoms with Crippen molar-refractivity contribution in [2.45, 2.75) is 26.8 Å². The van der Waals surface area contributed by atoms with Crippen LogP contribution in [0.4, 0.5) is 0 Å². The number of aryl methyl sites for hydroxylation is 3. The van der Waals surface area contributed by atoms with Gasteiger partial charge in [0, 0.05) is 14.2 Å². The number of hydrogen-bond acceptors (Lipinski definition) is 2. The van der Waals surface area contributed by atoms with E-state index in [0.29, 0.717) is 0 Å². The fraction of sp³-hybridized carbons (Fsp3) is 0.333. The molecule has 1 unspecified atom stereocenters. The summed E-state index contributed by atoms with van der Waals surface area (Å²) in [7, 11) is 2.02. The summed E-state index contributed by atoms with van der Waals surface area (Å²) in [6.07, 6.45) is 0. The maximum atomic E-state index is 3.59. The van der Waals surface area contributed by atoms with Crippen LogP contribution in [0.15, 0.2) is 28.7 Å². The Balaban J connectivity index is 2.41. The van der Waals surface area contributed by atoms with Crippen LogP contribution in [-0.2, 0) is 0 Å². The van der Waals surface area contributed by atoms with Crippen LogP contribution in [0.3, 0.4) is 0 Å². The lowest BCUT2D eigenvalue weighted by molar-refractivity contribution is 0.703. The molecule has 0 aliphatic rings. The molecule has 0 saturated heterocycles. The summed E-state index contributed by atoms with van der Waals surface area (Å²) < 4.78 is 1.20. The zero-order valence-electron chi connectivity index (χ0n) is 11.2. The van der Waals surface area contributed by atoms with Crippen LogP contribution in [-0.4, -0.2) is 7.05 Å². The minimum atomic E-state index is 0.277. The van der Waals surface area contributed by atoms with Crippen molar-refractivity contribution in [1.82, 2.24) is 5.32 Å². The highest BCUT2D eigenvalue weighted by molar-refractivity contribution is 9.10. The van der Waals surface area contributed by atoms with E-state index in [0.717, 1.165) is 0 Å². The molecule has 1 nitrogen and oxygen atoms in total. The molecule has 0 bridgehead atoms. The SMILES string of the molecule is CNC(c1ccc(C)c(C)c1)c1cc(Br)c(C)s1. The smallest absolute Gasteiger partial charge is 0.0669 e. The molecule has 0 aliphatic carbocycles. The molecular formula is C15H18BrNS. The molecule has 18 heavy (non-hydrogen) atoms. The van der Waals surface area contributed by atoms with Gasteiger partial charge in [0.15, 0.2) is 0 Å². The first kappa shape index (κ1) is 13.8. The van der Waals surface area contributed by atoms with Crippen molar-refractivity contribution in [2.75, 3.05) is 7.05 Å². The van der Waals surface area contributed by atoms with Gasteiger partial charge in [0.1, 0.15) is 0 Å². The second-order valence-corrected chi connectivity index (χ2v) is 6.76. The fourth-order valence-electron chi connectivity index (χ4n) is 2.04. The van der Waals surface area contributed by atoms with Crippen LogP contribution in [0.25, 0.3) is 0 Å². The minimum absolute atomic E-state index is 0.277. The molecule has 0 fully saturated rings. The Hall–Kier alpha value is -0.640. The highest BCUT2D eigenvalue weighted by atomic mass is 79.9. The highest BCUT2D eigenvalue weighted by Gasteiger charge is 2.16. The Labute approximate surface area is 121 Å². The molecular weight excluding hydrogens is 306 g/mol.